The molecule has 1 rings (SSSR count). The first-order chi connectivity index (χ1) is 6.69. The Bertz CT molecular complexity index is 339. The Hall–Kier alpha value is -1.26. The maximum absolute atomic E-state index is 13.1. The molecular formula is C10H12FNO2. The summed E-state index contributed by atoms with van der Waals surface area (Å²) < 4.78 is 13.1. The van der Waals surface area contributed by atoms with Crippen LogP contribution >= 0.6 is 0 Å². The monoisotopic (exact) mass is 197 g/mol. The summed E-state index contributed by atoms with van der Waals surface area (Å²) in [6, 6.07) is 2.87. The van der Waals surface area contributed by atoms with Crippen LogP contribution in [0, 0.1) is 12.7 Å². The lowest BCUT2D eigenvalue weighted by atomic mass is 10.0. The zero-order valence-electron chi connectivity index (χ0n) is 7.92. The van der Waals surface area contributed by atoms with Gasteiger partial charge in [-0.25, -0.2) is 10.3 Å². The summed E-state index contributed by atoms with van der Waals surface area (Å²) in [5, 5.41) is 0. The van der Waals surface area contributed by atoms with Crippen LogP contribution in [-0.4, -0.2) is 12.9 Å². The molecule has 14 heavy (non-hydrogen) atoms. The van der Waals surface area contributed by atoms with E-state index in [2.05, 4.69) is 4.84 Å². The predicted octanol–water partition coefficient (Wildman–Crippen LogP) is 1.38. The fourth-order valence-corrected chi connectivity index (χ4v) is 1.25. The van der Waals surface area contributed by atoms with Gasteiger partial charge in [0.05, 0.1) is 6.61 Å². The first kappa shape index (κ1) is 10.8. The van der Waals surface area contributed by atoms with E-state index in [0.29, 0.717) is 30.4 Å². The summed E-state index contributed by atoms with van der Waals surface area (Å²) in [4.78, 5) is 15.0. The molecule has 0 aromatic heterocycles. The molecule has 0 bridgehead atoms. The Labute approximate surface area is 81.6 Å². The highest BCUT2D eigenvalue weighted by molar-refractivity contribution is 5.77. The second-order valence-corrected chi connectivity index (χ2v) is 3.04. The van der Waals surface area contributed by atoms with Gasteiger partial charge in [-0.15, -0.1) is 0 Å². The quantitative estimate of drug-likeness (QED) is 0.586. The minimum Gasteiger partial charge on any atom is -0.304 e. The van der Waals surface area contributed by atoms with Gasteiger partial charge in [-0.05, 0) is 30.5 Å². The Morgan fingerprint density at radius 3 is 2.86 bits per heavy atom. The number of rotatable bonds is 4. The number of hydrogen-bond donors (Lipinski definition) is 1. The molecule has 3 nitrogen and oxygen atoms in total. The standard InChI is InChI=1S/C10H12FNO2/c1-7-4-8(2-3-14-12)9(6-13)5-10(7)11/h4-6H,2-3,12H2,1H3. The van der Waals surface area contributed by atoms with Crippen LogP contribution in [0.15, 0.2) is 12.1 Å². The van der Waals surface area contributed by atoms with Crippen molar-refractivity contribution in [2.75, 3.05) is 6.61 Å². The van der Waals surface area contributed by atoms with Gasteiger partial charge in [0.25, 0.3) is 0 Å². The molecule has 0 aliphatic heterocycles. The number of halogens is 1. The van der Waals surface area contributed by atoms with Gasteiger partial charge in [-0.1, -0.05) is 6.07 Å². The molecule has 0 saturated heterocycles. The molecule has 0 heterocycles. The van der Waals surface area contributed by atoms with Gasteiger partial charge >= 0.3 is 0 Å². The zero-order chi connectivity index (χ0) is 10.6. The third kappa shape index (κ3) is 2.37. The summed E-state index contributed by atoms with van der Waals surface area (Å²) in [6.45, 7) is 1.96. The second-order valence-electron chi connectivity index (χ2n) is 3.04. The number of nitrogens with two attached hydrogens (primary N) is 1. The Kier molecular flexibility index (Phi) is 3.73. The Balaban J connectivity index is 3.00. The van der Waals surface area contributed by atoms with Crippen LogP contribution in [0.3, 0.4) is 0 Å². The van der Waals surface area contributed by atoms with Gasteiger partial charge in [0.15, 0.2) is 0 Å². The SMILES string of the molecule is Cc1cc(CCON)c(C=O)cc1F. The van der Waals surface area contributed by atoms with Crippen molar-refractivity contribution >= 4 is 6.29 Å². The van der Waals surface area contributed by atoms with Crippen molar-refractivity contribution in [2.24, 2.45) is 5.90 Å². The summed E-state index contributed by atoms with van der Waals surface area (Å²) in [5.41, 5.74) is 1.62. The van der Waals surface area contributed by atoms with Crippen LogP contribution in [0.2, 0.25) is 0 Å². The first-order valence-corrected chi connectivity index (χ1v) is 4.25. The Morgan fingerprint density at radius 2 is 2.29 bits per heavy atom. The molecule has 1 aromatic carbocycles. The van der Waals surface area contributed by atoms with Gasteiger partial charge < -0.3 is 4.84 Å². The fourth-order valence-electron chi connectivity index (χ4n) is 1.25. The Morgan fingerprint density at radius 1 is 1.57 bits per heavy atom. The molecule has 0 saturated carbocycles. The normalized spacial score (nSPS) is 10.2. The molecule has 0 fully saturated rings. The van der Waals surface area contributed by atoms with E-state index in [1.54, 1.807) is 13.0 Å². The largest absolute Gasteiger partial charge is 0.304 e. The lowest BCUT2D eigenvalue weighted by Gasteiger charge is -2.06. The highest BCUT2D eigenvalue weighted by Crippen LogP contribution is 2.14. The van der Waals surface area contributed by atoms with Crippen molar-refractivity contribution in [3.05, 3.63) is 34.6 Å². The summed E-state index contributed by atoms with van der Waals surface area (Å²) in [5.74, 6) is 4.50. The minimum atomic E-state index is -0.371. The molecule has 0 aliphatic carbocycles. The molecular weight excluding hydrogens is 185 g/mol. The minimum absolute atomic E-state index is 0.311. The molecule has 0 aliphatic rings. The third-order valence-corrected chi connectivity index (χ3v) is 2.04. The number of hydrogen-bond acceptors (Lipinski definition) is 3. The van der Waals surface area contributed by atoms with Crippen molar-refractivity contribution < 1.29 is 14.0 Å². The topological polar surface area (TPSA) is 52.3 Å². The van der Waals surface area contributed by atoms with Gasteiger partial charge in [0.2, 0.25) is 0 Å². The van der Waals surface area contributed by atoms with E-state index in [1.165, 1.54) is 6.07 Å². The van der Waals surface area contributed by atoms with Gasteiger partial charge in [0, 0.05) is 5.56 Å². The average Bonchev–Trinajstić information content (AvgIpc) is 2.19. The van der Waals surface area contributed by atoms with E-state index in [1.807, 2.05) is 0 Å². The lowest BCUT2D eigenvalue weighted by molar-refractivity contribution is 0.112. The highest BCUT2D eigenvalue weighted by Gasteiger charge is 2.06. The summed E-state index contributed by atoms with van der Waals surface area (Å²) in [6.07, 6.45) is 1.14. The number of benzene rings is 1. The van der Waals surface area contributed by atoms with E-state index >= 15 is 0 Å². The molecule has 76 valence electrons. The molecule has 0 amide bonds. The number of carbonyl (C=O) groups is 1. The van der Waals surface area contributed by atoms with E-state index in [4.69, 9.17) is 5.90 Å². The van der Waals surface area contributed by atoms with Gasteiger partial charge in [-0.2, -0.15) is 0 Å². The van der Waals surface area contributed by atoms with Crippen LogP contribution in [0.25, 0.3) is 0 Å². The summed E-state index contributed by atoms with van der Waals surface area (Å²) >= 11 is 0. The van der Waals surface area contributed by atoms with E-state index < -0.39 is 0 Å². The molecule has 0 radical (unpaired) electrons. The number of carbonyl (C=O) groups excluding carboxylic acids is 1. The zero-order valence-corrected chi connectivity index (χ0v) is 7.92. The van der Waals surface area contributed by atoms with E-state index in [-0.39, 0.29) is 5.82 Å². The van der Waals surface area contributed by atoms with Crippen molar-refractivity contribution in [3.8, 4) is 0 Å². The van der Waals surface area contributed by atoms with E-state index in [0.717, 1.165) is 5.56 Å². The fraction of sp³-hybridized carbons (Fsp3) is 0.300. The summed E-state index contributed by atoms with van der Waals surface area (Å²) in [7, 11) is 0. The van der Waals surface area contributed by atoms with Crippen LogP contribution in [0.5, 0.6) is 0 Å². The van der Waals surface area contributed by atoms with Crippen LogP contribution in [-0.2, 0) is 11.3 Å². The molecule has 1 aromatic rings. The number of aldehydes is 1. The van der Waals surface area contributed by atoms with Crippen LogP contribution < -0.4 is 5.90 Å². The molecule has 2 N–H and O–H groups in total. The van der Waals surface area contributed by atoms with Crippen LogP contribution in [0.1, 0.15) is 21.5 Å². The number of aryl methyl sites for hydroxylation is 1. The lowest BCUT2D eigenvalue weighted by Crippen LogP contribution is -2.06. The van der Waals surface area contributed by atoms with Gasteiger partial charge in [-0.3, -0.25) is 4.79 Å². The highest BCUT2D eigenvalue weighted by atomic mass is 19.1. The van der Waals surface area contributed by atoms with Crippen LogP contribution in [0.4, 0.5) is 4.39 Å². The molecule has 0 atom stereocenters. The van der Waals surface area contributed by atoms with Crippen molar-refractivity contribution in [3.63, 3.8) is 0 Å². The predicted molar refractivity (Wildman–Crippen MR) is 50.4 cm³/mol. The van der Waals surface area contributed by atoms with Crippen molar-refractivity contribution in [1.82, 2.24) is 0 Å². The average molecular weight is 197 g/mol. The maximum Gasteiger partial charge on any atom is 0.150 e. The van der Waals surface area contributed by atoms with Crippen molar-refractivity contribution in [2.45, 2.75) is 13.3 Å². The first-order valence-electron chi connectivity index (χ1n) is 4.25. The molecule has 4 heteroatoms. The second kappa shape index (κ2) is 4.83. The smallest absolute Gasteiger partial charge is 0.150 e. The van der Waals surface area contributed by atoms with Crippen molar-refractivity contribution in [1.29, 1.82) is 0 Å². The third-order valence-electron chi connectivity index (χ3n) is 2.04. The molecule has 0 spiro atoms. The van der Waals surface area contributed by atoms with E-state index in [9.17, 15) is 9.18 Å². The molecule has 0 unspecified atom stereocenters. The van der Waals surface area contributed by atoms with Gasteiger partial charge in [0.1, 0.15) is 12.1 Å². The maximum atomic E-state index is 13.1.